The molecule has 0 unspecified atom stereocenters. The highest BCUT2D eigenvalue weighted by Crippen LogP contribution is 2.11. The van der Waals surface area contributed by atoms with E-state index in [2.05, 4.69) is 15.3 Å². The number of aryl methyl sites for hydroxylation is 1. The molecule has 1 N–H and O–H groups in total. The Hall–Kier alpha value is -2.04. The summed E-state index contributed by atoms with van der Waals surface area (Å²) < 4.78 is 25.7. The molecular formula is C13H13F2N3. The van der Waals surface area contributed by atoms with Crippen LogP contribution < -0.4 is 5.32 Å². The Bertz CT molecular complexity index is 544. The van der Waals surface area contributed by atoms with Crippen molar-refractivity contribution in [2.24, 2.45) is 0 Å². The van der Waals surface area contributed by atoms with Crippen molar-refractivity contribution in [3.63, 3.8) is 0 Å². The Morgan fingerprint density at radius 3 is 2.67 bits per heavy atom. The lowest BCUT2D eigenvalue weighted by Gasteiger charge is -2.06. The molecule has 1 heterocycles. The summed E-state index contributed by atoms with van der Waals surface area (Å²) in [7, 11) is 0. The van der Waals surface area contributed by atoms with E-state index in [1.807, 2.05) is 13.0 Å². The van der Waals surface area contributed by atoms with Gasteiger partial charge in [-0.15, -0.1) is 0 Å². The zero-order valence-electron chi connectivity index (χ0n) is 9.95. The molecular weight excluding hydrogens is 236 g/mol. The zero-order valence-corrected chi connectivity index (χ0v) is 9.95. The molecule has 0 saturated heterocycles. The standard InChI is InChI=1S/C13H13F2N3/c1-2-10-6-13(18-8-17-10)16-7-9-3-4-11(14)12(15)5-9/h3-6,8H,2,7H2,1H3,(H,16,17,18). The Kier molecular flexibility index (Phi) is 3.82. The number of rotatable bonds is 4. The van der Waals surface area contributed by atoms with Gasteiger partial charge >= 0.3 is 0 Å². The Morgan fingerprint density at radius 2 is 1.94 bits per heavy atom. The molecule has 0 amide bonds. The van der Waals surface area contributed by atoms with Gasteiger partial charge in [-0.3, -0.25) is 0 Å². The average molecular weight is 249 g/mol. The van der Waals surface area contributed by atoms with Gasteiger partial charge in [-0.25, -0.2) is 18.7 Å². The van der Waals surface area contributed by atoms with Crippen LogP contribution in [0.5, 0.6) is 0 Å². The van der Waals surface area contributed by atoms with Gasteiger partial charge in [0.1, 0.15) is 12.1 Å². The Labute approximate surface area is 104 Å². The van der Waals surface area contributed by atoms with Crippen LogP contribution in [0.3, 0.4) is 0 Å². The number of hydrogen-bond acceptors (Lipinski definition) is 3. The summed E-state index contributed by atoms with van der Waals surface area (Å²) in [6, 6.07) is 5.65. The van der Waals surface area contributed by atoms with Crippen molar-refractivity contribution in [1.82, 2.24) is 9.97 Å². The monoisotopic (exact) mass is 249 g/mol. The van der Waals surface area contributed by atoms with Crippen molar-refractivity contribution in [1.29, 1.82) is 0 Å². The first-order valence-electron chi connectivity index (χ1n) is 5.67. The van der Waals surface area contributed by atoms with E-state index in [1.165, 1.54) is 18.5 Å². The molecule has 1 aromatic heterocycles. The minimum atomic E-state index is -0.841. The quantitative estimate of drug-likeness (QED) is 0.905. The predicted molar refractivity (Wildman–Crippen MR) is 65.1 cm³/mol. The second kappa shape index (κ2) is 5.53. The molecule has 0 radical (unpaired) electrons. The van der Waals surface area contributed by atoms with Crippen molar-refractivity contribution in [2.45, 2.75) is 19.9 Å². The number of aromatic nitrogens is 2. The number of halogens is 2. The molecule has 0 aliphatic heterocycles. The lowest BCUT2D eigenvalue weighted by molar-refractivity contribution is 0.507. The van der Waals surface area contributed by atoms with Gasteiger partial charge in [0.2, 0.25) is 0 Å². The maximum absolute atomic E-state index is 13.0. The summed E-state index contributed by atoms with van der Waals surface area (Å²) in [5.41, 5.74) is 1.59. The molecule has 0 aliphatic rings. The molecule has 1 aromatic carbocycles. The van der Waals surface area contributed by atoms with Gasteiger partial charge in [0.15, 0.2) is 11.6 Å². The van der Waals surface area contributed by atoms with Crippen molar-refractivity contribution in [3.05, 3.63) is 53.5 Å². The molecule has 5 heteroatoms. The predicted octanol–water partition coefficient (Wildman–Crippen LogP) is 2.93. The molecule has 3 nitrogen and oxygen atoms in total. The van der Waals surface area contributed by atoms with E-state index in [1.54, 1.807) is 0 Å². The highest BCUT2D eigenvalue weighted by molar-refractivity contribution is 5.36. The van der Waals surface area contributed by atoms with E-state index in [0.717, 1.165) is 18.2 Å². The number of hydrogen-bond donors (Lipinski definition) is 1. The second-order valence-electron chi connectivity index (χ2n) is 3.85. The van der Waals surface area contributed by atoms with Gasteiger partial charge in [-0.2, -0.15) is 0 Å². The maximum atomic E-state index is 13.0. The highest BCUT2D eigenvalue weighted by Gasteiger charge is 2.03. The van der Waals surface area contributed by atoms with Crippen LogP contribution in [-0.2, 0) is 13.0 Å². The smallest absolute Gasteiger partial charge is 0.159 e. The van der Waals surface area contributed by atoms with Gasteiger partial charge in [0.25, 0.3) is 0 Å². The van der Waals surface area contributed by atoms with Crippen LogP contribution in [0.1, 0.15) is 18.2 Å². The maximum Gasteiger partial charge on any atom is 0.159 e. The molecule has 0 fully saturated rings. The summed E-state index contributed by atoms with van der Waals surface area (Å²) >= 11 is 0. The van der Waals surface area contributed by atoms with E-state index >= 15 is 0 Å². The largest absolute Gasteiger partial charge is 0.366 e. The van der Waals surface area contributed by atoms with Crippen LogP contribution in [0.15, 0.2) is 30.6 Å². The summed E-state index contributed by atoms with van der Waals surface area (Å²) in [6.45, 7) is 2.39. The van der Waals surface area contributed by atoms with Gasteiger partial charge in [-0.05, 0) is 24.1 Å². The fourth-order valence-electron chi connectivity index (χ4n) is 1.53. The van der Waals surface area contributed by atoms with Crippen LogP contribution in [0.25, 0.3) is 0 Å². The first-order chi connectivity index (χ1) is 8.69. The summed E-state index contributed by atoms with van der Waals surface area (Å²) in [5, 5.41) is 3.04. The fraction of sp³-hybridized carbons (Fsp3) is 0.231. The van der Waals surface area contributed by atoms with Crippen LogP contribution in [-0.4, -0.2) is 9.97 Å². The van der Waals surface area contributed by atoms with Gasteiger partial charge in [0.05, 0.1) is 0 Å². The van der Waals surface area contributed by atoms with Gasteiger partial charge < -0.3 is 5.32 Å². The van der Waals surface area contributed by atoms with E-state index in [4.69, 9.17) is 0 Å². The Morgan fingerprint density at radius 1 is 1.11 bits per heavy atom. The average Bonchev–Trinajstić information content (AvgIpc) is 2.40. The topological polar surface area (TPSA) is 37.8 Å². The Balaban J connectivity index is 2.04. The van der Waals surface area contributed by atoms with Crippen LogP contribution in [0.2, 0.25) is 0 Å². The fourth-order valence-corrected chi connectivity index (χ4v) is 1.53. The van der Waals surface area contributed by atoms with Gasteiger partial charge in [-0.1, -0.05) is 13.0 Å². The third-order valence-electron chi connectivity index (χ3n) is 2.54. The number of benzene rings is 1. The van der Waals surface area contributed by atoms with E-state index in [9.17, 15) is 8.78 Å². The van der Waals surface area contributed by atoms with Crippen LogP contribution in [0.4, 0.5) is 14.6 Å². The normalized spacial score (nSPS) is 10.4. The van der Waals surface area contributed by atoms with Crippen molar-refractivity contribution in [2.75, 3.05) is 5.32 Å². The molecule has 0 atom stereocenters. The number of nitrogens with one attached hydrogen (secondary N) is 1. The molecule has 94 valence electrons. The molecule has 18 heavy (non-hydrogen) atoms. The molecule has 0 aliphatic carbocycles. The molecule has 2 aromatic rings. The lowest BCUT2D eigenvalue weighted by Crippen LogP contribution is -2.03. The first-order valence-corrected chi connectivity index (χ1v) is 5.67. The molecule has 0 spiro atoms. The summed E-state index contributed by atoms with van der Waals surface area (Å²) in [6.07, 6.45) is 2.30. The van der Waals surface area contributed by atoms with E-state index < -0.39 is 11.6 Å². The number of anilines is 1. The third kappa shape index (κ3) is 3.00. The zero-order chi connectivity index (χ0) is 13.0. The molecule has 2 rings (SSSR count). The first kappa shape index (κ1) is 12.4. The van der Waals surface area contributed by atoms with Crippen molar-refractivity contribution < 1.29 is 8.78 Å². The highest BCUT2D eigenvalue weighted by atomic mass is 19.2. The second-order valence-corrected chi connectivity index (χ2v) is 3.85. The van der Waals surface area contributed by atoms with E-state index in [0.29, 0.717) is 17.9 Å². The summed E-state index contributed by atoms with van der Waals surface area (Å²) in [4.78, 5) is 8.13. The third-order valence-corrected chi connectivity index (χ3v) is 2.54. The van der Waals surface area contributed by atoms with E-state index in [-0.39, 0.29) is 0 Å². The molecule has 0 saturated carbocycles. The van der Waals surface area contributed by atoms with Crippen molar-refractivity contribution >= 4 is 5.82 Å². The van der Waals surface area contributed by atoms with Crippen LogP contribution >= 0.6 is 0 Å². The van der Waals surface area contributed by atoms with Gasteiger partial charge in [0, 0.05) is 18.3 Å². The molecule has 0 bridgehead atoms. The minimum Gasteiger partial charge on any atom is -0.366 e. The van der Waals surface area contributed by atoms with Crippen LogP contribution in [0, 0.1) is 11.6 Å². The van der Waals surface area contributed by atoms with Crippen molar-refractivity contribution in [3.8, 4) is 0 Å². The SMILES string of the molecule is CCc1cc(NCc2ccc(F)c(F)c2)ncn1. The lowest BCUT2D eigenvalue weighted by atomic mass is 10.2. The minimum absolute atomic E-state index is 0.386. The number of nitrogens with zero attached hydrogens (tertiary/aromatic N) is 2. The summed E-state index contributed by atoms with van der Waals surface area (Å²) in [5.74, 6) is -1.01.